The van der Waals surface area contributed by atoms with Gasteiger partial charge in [-0.2, -0.15) is 0 Å². The van der Waals surface area contributed by atoms with Crippen LogP contribution < -0.4 is 5.32 Å². The fraction of sp³-hybridized carbons (Fsp3) is 0.440. The molecule has 2 amide bonds. The second kappa shape index (κ2) is 8.40. The van der Waals surface area contributed by atoms with E-state index in [1.165, 1.54) is 5.56 Å². The van der Waals surface area contributed by atoms with Gasteiger partial charge in [0, 0.05) is 26.1 Å². The third-order valence-electron chi connectivity index (χ3n) is 6.66. The molecule has 1 aliphatic heterocycles. The third kappa shape index (κ3) is 4.07. The first-order chi connectivity index (χ1) is 14.1. The smallest absolute Gasteiger partial charge is 0.228 e. The van der Waals surface area contributed by atoms with Gasteiger partial charge < -0.3 is 10.2 Å². The summed E-state index contributed by atoms with van der Waals surface area (Å²) in [4.78, 5) is 27.8. The number of amides is 2. The lowest BCUT2D eigenvalue weighted by atomic mass is 9.79. The Morgan fingerprint density at radius 2 is 1.76 bits per heavy atom. The maximum absolute atomic E-state index is 12.9. The minimum atomic E-state index is -0.543. The SMILES string of the molecule is CNC(=O)C1(Cc2cccc(-c3ccccc3)c2)CCN(C(=O)C2CCCC2)C1. The molecule has 4 heteroatoms. The summed E-state index contributed by atoms with van der Waals surface area (Å²) < 4.78 is 0. The number of carbonyl (C=O) groups excluding carboxylic acids is 2. The highest BCUT2D eigenvalue weighted by Gasteiger charge is 2.46. The number of hydrogen-bond donors (Lipinski definition) is 1. The van der Waals surface area contributed by atoms with Gasteiger partial charge in [0.05, 0.1) is 5.41 Å². The Morgan fingerprint density at radius 3 is 2.48 bits per heavy atom. The van der Waals surface area contributed by atoms with Crippen molar-refractivity contribution in [2.24, 2.45) is 11.3 Å². The van der Waals surface area contributed by atoms with Gasteiger partial charge in [0.1, 0.15) is 0 Å². The summed E-state index contributed by atoms with van der Waals surface area (Å²) in [5.41, 5.74) is 2.93. The molecule has 1 heterocycles. The lowest BCUT2D eigenvalue weighted by Crippen LogP contribution is -2.44. The van der Waals surface area contributed by atoms with Crippen molar-refractivity contribution in [1.82, 2.24) is 10.2 Å². The number of hydrogen-bond acceptors (Lipinski definition) is 2. The van der Waals surface area contributed by atoms with Crippen molar-refractivity contribution >= 4 is 11.8 Å². The average molecular weight is 391 g/mol. The van der Waals surface area contributed by atoms with Crippen LogP contribution in [0.3, 0.4) is 0 Å². The Balaban J connectivity index is 1.55. The lowest BCUT2D eigenvalue weighted by Gasteiger charge is -2.28. The first kappa shape index (κ1) is 19.7. The zero-order valence-corrected chi connectivity index (χ0v) is 17.2. The van der Waals surface area contributed by atoms with Gasteiger partial charge in [0.2, 0.25) is 11.8 Å². The molecule has 1 aliphatic carbocycles. The maximum atomic E-state index is 12.9. The van der Waals surface area contributed by atoms with Gasteiger partial charge >= 0.3 is 0 Å². The highest BCUT2D eigenvalue weighted by atomic mass is 16.2. The normalized spacial score (nSPS) is 22.0. The van der Waals surface area contributed by atoms with Crippen LogP contribution in [-0.2, 0) is 16.0 Å². The van der Waals surface area contributed by atoms with Crippen LogP contribution >= 0.6 is 0 Å². The van der Waals surface area contributed by atoms with E-state index < -0.39 is 5.41 Å². The van der Waals surface area contributed by atoms with Gasteiger partial charge in [-0.3, -0.25) is 9.59 Å². The van der Waals surface area contributed by atoms with E-state index in [-0.39, 0.29) is 17.7 Å². The highest BCUT2D eigenvalue weighted by Crippen LogP contribution is 2.37. The zero-order chi connectivity index (χ0) is 20.3. The molecule has 29 heavy (non-hydrogen) atoms. The lowest BCUT2D eigenvalue weighted by molar-refractivity contribution is -0.136. The number of likely N-dealkylation sites (tertiary alicyclic amines) is 1. The fourth-order valence-corrected chi connectivity index (χ4v) is 5.05. The molecule has 4 rings (SSSR count). The zero-order valence-electron chi connectivity index (χ0n) is 17.2. The summed E-state index contributed by atoms with van der Waals surface area (Å²) in [5.74, 6) is 0.465. The van der Waals surface area contributed by atoms with Gasteiger partial charge in [-0.05, 0) is 42.4 Å². The van der Waals surface area contributed by atoms with Crippen LogP contribution in [0.4, 0.5) is 0 Å². The molecule has 0 spiro atoms. The van der Waals surface area contributed by atoms with Crippen molar-refractivity contribution < 1.29 is 9.59 Å². The van der Waals surface area contributed by atoms with Crippen LogP contribution in [0, 0.1) is 11.3 Å². The molecule has 1 N–H and O–H groups in total. The van der Waals surface area contributed by atoms with Gasteiger partial charge in [-0.1, -0.05) is 67.4 Å². The van der Waals surface area contributed by atoms with E-state index in [9.17, 15) is 9.59 Å². The van der Waals surface area contributed by atoms with Crippen LogP contribution in [0.1, 0.15) is 37.7 Å². The molecule has 0 bridgehead atoms. The summed E-state index contributed by atoms with van der Waals surface area (Å²) in [7, 11) is 1.70. The second-order valence-electron chi connectivity index (χ2n) is 8.59. The van der Waals surface area contributed by atoms with Crippen LogP contribution in [0.25, 0.3) is 11.1 Å². The molecule has 1 unspecified atom stereocenters. The van der Waals surface area contributed by atoms with Crippen LogP contribution in [-0.4, -0.2) is 36.9 Å². The van der Waals surface area contributed by atoms with E-state index in [2.05, 4.69) is 41.7 Å². The van der Waals surface area contributed by atoms with Crippen molar-refractivity contribution in [3.05, 3.63) is 60.2 Å². The van der Waals surface area contributed by atoms with Gasteiger partial charge in [-0.25, -0.2) is 0 Å². The number of nitrogens with zero attached hydrogens (tertiary/aromatic N) is 1. The highest BCUT2D eigenvalue weighted by molar-refractivity contribution is 5.86. The first-order valence-corrected chi connectivity index (χ1v) is 10.8. The minimum absolute atomic E-state index is 0.0457. The number of carbonyl (C=O) groups is 2. The molecular weight excluding hydrogens is 360 g/mol. The van der Waals surface area contributed by atoms with E-state index in [1.807, 2.05) is 23.1 Å². The largest absolute Gasteiger partial charge is 0.359 e. The minimum Gasteiger partial charge on any atom is -0.359 e. The molecule has 4 nitrogen and oxygen atoms in total. The predicted molar refractivity (Wildman–Crippen MR) is 115 cm³/mol. The predicted octanol–water partition coefficient (Wildman–Crippen LogP) is 4.05. The molecule has 1 saturated heterocycles. The third-order valence-corrected chi connectivity index (χ3v) is 6.66. The molecule has 0 aromatic heterocycles. The van der Waals surface area contributed by atoms with E-state index in [1.54, 1.807) is 7.05 Å². The summed E-state index contributed by atoms with van der Waals surface area (Å²) >= 11 is 0. The topological polar surface area (TPSA) is 49.4 Å². The number of nitrogens with one attached hydrogen (secondary N) is 1. The van der Waals surface area contributed by atoms with Crippen molar-refractivity contribution in [2.75, 3.05) is 20.1 Å². The van der Waals surface area contributed by atoms with Crippen molar-refractivity contribution in [2.45, 2.75) is 38.5 Å². The Kier molecular flexibility index (Phi) is 5.70. The average Bonchev–Trinajstić information content (AvgIpc) is 3.45. The van der Waals surface area contributed by atoms with Gasteiger partial charge in [0.25, 0.3) is 0 Å². The van der Waals surface area contributed by atoms with E-state index in [4.69, 9.17) is 0 Å². The summed E-state index contributed by atoms with van der Waals surface area (Å²) in [6, 6.07) is 18.7. The standard InChI is InChI=1S/C25H30N2O2/c1-26-24(29)25(14-15-27(18-25)23(28)21-11-5-6-12-21)17-19-8-7-13-22(16-19)20-9-3-2-4-10-20/h2-4,7-10,13,16,21H,5-6,11-12,14-15,17-18H2,1H3,(H,26,29). The summed E-state index contributed by atoms with van der Waals surface area (Å²) in [6.07, 6.45) is 5.68. The summed E-state index contributed by atoms with van der Waals surface area (Å²) in [6.45, 7) is 1.21. The molecule has 2 aromatic carbocycles. The van der Waals surface area contributed by atoms with Crippen molar-refractivity contribution in [3.63, 3.8) is 0 Å². The van der Waals surface area contributed by atoms with E-state index in [0.29, 0.717) is 19.5 Å². The monoisotopic (exact) mass is 390 g/mol. The van der Waals surface area contributed by atoms with Crippen LogP contribution in [0.15, 0.2) is 54.6 Å². The molecule has 2 fully saturated rings. The van der Waals surface area contributed by atoms with E-state index >= 15 is 0 Å². The Morgan fingerprint density at radius 1 is 1.03 bits per heavy atom. The number of benzene rings is 2. The molecule has 1 saturated carbocycles. The Bertz CT molecular complexity index is 873. The fourth-order valence-electron chi connectivity index (χ4n) is 5.05. The van der Waals surface area contributed by atoms with Crippen LogP contribution in [0.5, 0.6) is 0 Å². The summed E-state index contributed by atoms with van der Waals surface area (Å²) in [5, 5.41) is 2.87. The Hall–Kier alpha value is -2.62. The quantitative estimate of drug-likeness (QED) is 0.837. The maximum Gasteiger partial charge on any atom is 0.228 e. The van der Waals surface area contributed by atoms with Crippen LogP contribution in [0.2, 0.25) is 0 Å². The molecule has 2 aliphatic rings. The molecule has 1 atom stereocenters. The molecule has 2 aromatic rings. The van der Waals surface area contributed by atoms with Crippen molar-refractivity contribution in [1.29, 1.82) is 0 Å². The van der Waals surface area contributed by atoms with Gasteiger partial charge in [-0.15, -0.1) is 0 Å². The first-order valence-electron chi connectivity index (χ1n) is 10.8. The van der Waals surface area contributed by atoms with Crippen molar-refractivity contribution in [3.8, 4) is 11.1 Å². The van der Waals surface area contributed by atoms with Gasteiger partial charge in [0.15, 0.2) is 0 Å². The molecule has 152 valence electrons. The Labute approximate surface area is 173 Å². The second-order valence-corrected chi connectivity index (χ2v) is 8.59. The molecular formula is C25H30N2O2. The molecule has 0 radical (unpaired) electrons. The van der Waals surface area contributed by atoms with E-state index in [0.717, 1.165) is 43.2 Å². The number of rotatable bonds is 5.